The second-order valence-electron chi connectivity index (χ2n) is 6.72. The fourth-order valence-corrected chi connectivity index (χ4v) is 4.08. The van der Waals surface area contributed by atoms with Gasteiger partial charge in [-0.05, 0) is 36.8 Å². The normalized spacial score (nSPS) is 11.8. The van der Waals surface area contributed by atoms with E-state index in [9.17, 15) is 18.6 Å². The van der Waals surface area contributed by atoms with Crippen LogP contribution in [0.15, 0.2) is 59.4 Å². The van der Waals surface area contributed by atoms with Crippen LogP contribution in [0, 0.1) is 6.92 Å². The van der Waals surface area contributed by atoms with Gasteiger partial charge in [0, 0.05) is 23.6 Å². The van der Waals surface area contributed by atoms with E-state index in [-0.39, 0.29) is 28.3 Å². The number of carboxylic acid groups (broad SMARTS) is 1. The van der Waals surface area contributed by atoms with Gasteiger partial charge in [0.2, 0.25) is 5.91 Å². The van der Waals surface area contributed by atoms with Gasteiger partial charge in [0.25, 0.3) is 5.56 Å². The van der Waals surface area contributed by atoms with Crippen LogP contribution in [0.5, 0.6) is 0 Å². The Labute approximate surface area is 175 Å². The number of anilines is 1. The first kappa shape index (κ1) is 21.3. The Morgan fingerprint density at radius 3 is 2.47 bits per heavy atom. The zero-order valence-electron chi connectivity index (χ0n) is 16.5. The first-order chi connectivity index (χ1) is 14.3. The highest BCUT2D eigenvalue weighted by molar-refractivity contribution is 7.84. The van der Waals surface area contributed by atoms with Crippen molar-refractivity contribution < 1.29 is 18.9 Å². The fraction of sp³-hybridized carbons (Fsp3) is 0.190. The molecule has 0 saturated heterocycles. The Bertz CT molecular complexity index is 1180. The first-order valence-electron chi connectivity index (χ1n) is 9.09. The van der Waals surface area contributed by atoms with E-state index in [1.165, 1.54) is 16.8 Å². The Kier molecular flexibility index (Phi) is 6.31. The molecule has 8 nitrogen and oxygen atoms in total. The summed E-state index contributed by atoms with van der Waals surface area (Å²) in [5, 5.41) is 11.6. The third-order valence-corrected chi connectivity index (χ3v) is 5.85. The summed E-state index contributed by atoms with van der Waals surface area (Å²) in [7, 11) is 0.151. The van der Waals surface area contributed by atoms with Crippen molar-refractivity contribution in [3.8, 4) is 5.69 Å². The molecule has 1 unspecified atom stereocenters. The molecule has 0 radical (unpaired) electrons. The second kappa shape index (κ2) is 8.91. The van der Waals surface area contributed by atoms with E-state index in [0.29, 0.717) is 16.9 Å². The highest BCUT2D eigenvalue weighted by atomic mass is 32.2. The number of aromatic carboxylic acids is 1. The number of nitrogens with one attached hydrogen (secondary N) is 1. The molecule has 0 spiro atoms. The average molecular weight is 427 g/mol. The van der Waals surface area contributed by atoms with Crippen molar-refractivity contribution in [2.24, 2.45) is 7.05 Å². The van der Waals surface area contributed by atoms with Crippen molar-refractivity contribution in [3.05, 3.63) is 81.8 Å². The van der Waals surface area contributed by atoms with Crippen molar-refractivity contribution in [2.45, 2.75) is 12.7 Å². The lowest BCUT2D eigenvalue weighted by atomic mass is 10.1. The molecule has 2 N–H and O–H groups in total. The van der Waals surface area contributed by atoms with Gasteiger partial charge < -0.3 is 10.4 Å². The largest absolute Gasteiger partial charge is 0.478 e. The zero-order valence-corrected chi connectivity index (χ0v) is 17.3. The van der Waals surface area contributed by atoms with E-state index >= 15 is 0 Å². The Hall–Kier alpha value is -3.46. The molecular formula is C21H21N3O5S. The Balaban J connectivity index is 1.72. The van der Waals surface area contributed by atoms with Gasteiger partial charge in [-0.3, -0.25) is 18.5 Å². The molecule has 0 aliphatic heterocycles. The minimum atomic E-state index is -1.56. The predicted octanol–water partition coefficient (Wildman–Crippen LogP) is 2.07. The van der Waals surface area contributed by atoms with Crippen LogP contribution >= 0.6 is 0 Å². The number of carbonyl (C=O) groups is 2. The number of hydrogen-bond acceptors (Lipinski definition) is 4. The van der Waals surface area contributed by atoms with Crippen molar-refractivity contribution in [2.75, 3.05) is 11.1 Å². The molecule has 9 heteroatoms. The van der Waals surface area contributed by atoms with Crippen LogP contribution in [-0.2, 0) is 28.4 Å². The van der Waals surface area contributed by atoms with Gasteiger partial charge in [-0.25, -0.2) is 9.48 Å². The number of rotatable bonds is 7. The number of aromatic nitrogens is 2. The van der Waals surface area contributed by atoms with Crippen LogP contribution in [0.1, 0.15) is 21.6 Å². The number of amides is 1. The topological polar surface area (TPSA) is 110 Å². The van der Waals surface area contributed by atoms with E-state index in [2.05, 4.69) is 5.32 Å². The number of hydrogen-bond donors (Lipinski definition) is 2. The van der Waals surface area contributed by atoms with Crippen molar-refractivity contribution in [3.63, 3.8) is 0 Å². The second-order valence-corrected chi connectivity index (χ2v) is 8.18. The molecule has 156 valence electrons. The van der Waals surface area contributed by atoms with Crippen molar-refractivity contribution in [1.82, 2.24) is 9.36 Å². The van der Waals surface area contributed by atoms with Gasteiger partial charge in [0.05, 0.1) is 16.9 Å². The Morgan fingerprint density at radius 2 is 1.80 bits per heavy atom. The molecule has 2 aromatic carbocycles. The van der Waals surface area contributed by atoms with Gasteiger partial charge in [-0.15, -0.1) is 0 Å². The number of carbonyl (C=O) groups excluding carboxylic acids is 1. The lowest BCUT2D eigenvalue weighted by molar-refractivity contribution is -0.113. The lowest BCUT2D eigenvalue weighted by Crippen LogP contribution is -2.25. The molecule has 0 saturated carbocycles. The van der Waals surface area contributed by atoms with E-state index < -0.39 is 22.7 Å². The molecule has 0 aliphatic rings. The third kappa shape index (κ3) is 4.57. The molecule has 0 aliphatic carbocycles. The van der Waals surface area contributed by atoms with Crippen LogP contribution < -0.4 is 10.9 Å². The molecule has 3 aromatic rings. The van der Waals surface area contributed by atoms with Gasteiger partial charge >= 0.3 is 5.97 Å². The number of carboxylic acids is 1. The maximum absolute atomic E-state index is 12.8. The molecule has 1 aromatic heterocycles. The summed E-state index contributed by atoms with van der Waals surface area (Å²) >= 11 is 0. The molecule has 0 bridgehead atoms. The fourth-order valence-electron chi connectivity index (χ4n) is 3.07. The summed E-state index contributed by atoms with van der Waals surface area (Å²) in [4.78, 5) is 36.3. The van der Waals surface area contributed by atoms with E-state index in [1.807, 2.05) is 18.2 Å². The minimum absolute atomic E-state index is 0.0383. The van der Waals surface area contributed by atoms with E-state index in [4.69, 9.17) is 5.11 Å². The summed E-state index contributed by atoms with van der Waals surface area (Å²) in [6.07, 6.45) is 0. The number of para-hydroxylation sites is 1. The quantitative estimate of drug-likeness (QED) is 0.600. The summed E-state index contributed by atoms with van der Waals surface area (Å²) in [5.74, 6) is -1.89. The molecule has 3 rings (SSSR count). The molecule has 1 amide bonds. The first-order valence-corrected chi connectivity index (χ1v) is 10.6. The van der Waals surface area contributed by atoms with Gasteiger partial charge in [0.15, 0.2) is 0 Å². The van der Waals surface area contributed by atoms with E-state index in [0.717, 1.165) is 0 Å². The average Bonchev–Trinajstić information content (AvgIpc) is 2.92. The maximum atomic E-state index is 12.8. The smallest absolute Gasteiger partial charge is 0.335 e. The van der Waals surface area contributed by atoms with Crippen molar-refractivity contribution in [1.29, 1.82) is 0 Å². The summed E-state index contributed by atoms with van der Waals surface area (Å²) in [5.41, 5.74) is 1.64. The van der Waals surface area contributed by atoms with Crippen LogP contribution in [0.4, 0.5) is 5.69 Å². The molecule has 1 heterocycles. The monoisotopic (exact) mass is 427 g/mol. The van der Waals surface area contributed by atoms with Crippen LogP contribution in [0.2, 0.25) is 0 Å². The van der Waals surface area contributed by atoms with Gasteiger partial charge in [-0.1, -0.05) is 30.3 Å². The minimum Gasteiger partial charge on any atom is -0.478 e. The number of nitrogens with zero attached hydrogens (tertiary/aromatic N) is 2. The molecule has 1 atom stereocenters. The van der Waals surface area contributed by atoms with Gasteiger partial charge in [-0.2, -0.15) is 0 Å². The highest BCUT2D eigenvalue weighted by Gasteiger charge is 2.19. The molecule has 0 fully saturated rings. The summed E-state index contributed by atoms with van der Waals surface area (Å²) < 4.78 is 15.5. The maximum Gasteiger partial charge on any atom is 0.335 e. The highest BCUT2D eigenvalue weighted by Crippen LogP contribution is 2.14. The van der Waals surface area contributed by atoms with E-state index in [1.54, 1.807) is 42.9 Å². The molecular weight excluding hydrogens is 406 g/mol. The van der Waals surface area contributed by atoms with Crippen LogP contribution in [0.25, 0.3) is 5.69 Å². The van der Waals surface area contributed by atoms with Crippen LogP contribution in [-0.4, -0.2) is 36.3 Å². The summed E-state index contributed by atoms with van der Waals surface area (Å²) in [6.45, 7) is 1.71. The van der Waals surface area contributed by atoms with Crippen LogP contribution in [0.3, 0.4) is 0 Å². The number of benzene rings is 2. The third-order valence-electron chi connectivity index (χ3n) is 4.61. The zero-order chi connectivity index (χ0) is 21.8. The predicted molar refractivity (Wildman–Crippen MR) is 114 cm³/mol. The standard InChI is InChI=1S/C21H21N3O5S/c1-14-19(20(26)24(23(14)2)17-9-4-3-5-10-17)22-18(25)13-30(29)12-15-7-6-8-16(11-15)21(27)28/h3-11H,12-13H2,1-2H3,(H,22,25)(H,27,28). The summed E-state index contributed by atoms with van der Waals surface area (Å²) in [6, 6.07) is 15.1. The SMILES string of the molecule is Cc1c(NC(=O)CS(=O)Cc2cccc(C(=O)O)c2)c(=O)n(-c2ccccc2)n1C. The van der Waals surface area contributed by atoms with Crippen molar-refractivity contribution >= 4 is 28.4 Å². The van der Waals surface area contributed by atoms with Gasteiger partial charge in [0.1, 0.15) is 11.4 Å². The molecule has 30 heavy (non-hydrogen) atoms. The Morgan fingerprint density at radius 1 is 1.10 bits per heavy atom. The lowest BCUT2D eigenvalue weighted by Gasteiger charge is -2.07.